The molecule has 0 saturated carbocycles. The third-order valence-electron chi connectivity index (χ3n) is 5.98. The largest absolute Gasteiger partial charge is 0.545 e. The highest BCUT2D eigenvalue weighted by Gasteiger charge is 2.19. The van der Waals surface area contributed by atoms with Crippen molar-refractivity contribution in [1.82, 2.24) is 4.58 Å². The van der Waals surface area contributed by atoms with Crippen LogP contribution in [0.5, 0.6) is 0 Å². The summed E-state index contributed by atoms with van der Waals surface area (Å²) in [6, 6.07) is 23.1. The minimum atomic E-state index is -4.69. The quantitative estimate of drug-likeness (QED) is 0.331. The first-order valence-corrected chi connectivity index (χ1v) is 13.1. The van der Waals surface area contributed by atoms with Crippen molar-refractivity contribution in [1.29, 1.82) is 0 Å². The molecule has 0 radical (unpaired) electrons. The molecule has 1 N–H and O–H groups in total. The van der Waals surface area contributed by atoms with Crippen LogP contribution in [0.1, 0.15) is 24.2 Å². The fourth-order valence-electron chi connectivity index (χ4n) is 4.15. The second kappa shape index (κ2) is 12.2. The van der Waals surface area contributed by atoms with Gasteiger partial charge in [-0.05, 0) is 61.4 Å². The lowest BCUT2D eigenvalue weighted by Crippen LogP contribution is -2.58. The Kier molecular flexibility index (Phi) is 9.26. The molecule has 2 aliphatic rings. The van der Waals surface area contributed by atoms with Gasteiger partial charge in [-0.15, -0.1) is 0 Å². The van der Waals surface area contributed by atoms with Gasteiger partial charge in [-0.2, -0.15) is 14.0 Å². The van der Waals surface area contributed by atoms with E-state index in [-0.39, 0.29) is 5.56 Å². The Labute approximate surface area is 222 Å². The van der Waals surface area contributed by atoms with Crippen LogP contribution in [0.25, 0.3) is 33.8 Å². The first-order valence-electron chi connectivity index (χ1n) is 11.8. The Morgan fingerprint density at radius 1 is 0.868 bits per heavy atom. The van der Waals surface area contributed by atoms with E-state index < -0.39 is 16.2 Å². The Morgan fingerprint density at radius 3 is 2.03 bits per heavy atom. The summed E-state index contributed by atoms with van der Waals surface area (Å²) in [7, 11) is -0.696. The zero-order chi connectivity index (χ0) is 28.0. The number of fused-ring (bicyclic) bond motifs is 1. The summed E-state index contributed by atoms with van der Waals surface area (Å²) < 4.78 is 41.4. The van der Waals surface area contributed by atoms with E-state index in [9.17, 15) is 9.90 Å². The van der Waals surface area contributed by atoms with Gasteiger partial charge < -0.3 is 19.2 Å². The summed E-state index contributed by atoms with van der Waals surface area (Å²) in [5, 5.41) is 12.9. The number of hydrogen-bond acceptors (Lipinski definition) is 8. The van der Waals surface area contributed by atoms with Gasteiger partial charge in [-0.3, -0.25) is 0 Å². The third-order valence-corrected chi connectivity index (χ3v) is 5.98. The molecule has 38 heavy (non-hydrogen) atoms. The van der Waals surface area contributed by atoms with Gasteiger partial charge in [0.15, 0.2) is 0 Å². The van der Waals surface area contributed by atoms with E-state index >= 15 is 0 Å². The van der Waals surface area contributed by atoms with Crippen molar-refractivity contribution in [2.75, 3.05) is 32.1 Å². The minimum Gasteiger partial charge on any atom is -0.545 e. The number of carbonyl (C=O) groups excluding carboxylic acids is 1. The van der Waals surface area contributed by atoms with Crippen LogP contribution in [0, 0.1) is 10.2 Å². The molecule has 2 aromatic rings. The lowest BCUT2D eigenvalue weighted by atomic mass is 9.92. The van der Waals surface area contributed by atoms with Crippen LogP contribution in [0.15, 0.2) is 77.2 Å². The Hall–Kier alpha value is -3.73. The van der Waals surface area contributed by atoms with Crippen molar-refractivity contribution in [3.8, 4) is 33.8 Å². The highest BCUT2D eigenvalue weighted by atomic mass is 35.7. The van der Waals surface area contributed by atoms with E-state index in [4.69, 9.17) is 23.1 Å². The molecule has 1 aliphatic heterocycles. The van der Waals surface area contributed by atoms with Crippen LogP contribution in [0.4, 0.5) is 5.69 Å². The summed E-state index contributed by atoms with van der Waals surface area (Å²) in [5.74, 6) is 0.181. The molecule has 0 amide bonds. The standard InChI is InChI=1S/C28H28N2O3.ClHO4/c1-5-30(6-2)21-15-16-23-25(22-9-7-8-10-24(22)28(31)32)18-26(33-27(23)17-21)19-11-13-20(14-12-19)29(3)4;2-1(3,4)5/h7-18H,5-6H2,1-4H3;(H,2,3,4,5). The van der Waals surface area contributed by atoms with Gasteiger partial charge in [0.25, 0.3) is 0 Å². The molecule has 0 spiro atoms. The van der Waals surface area contributed by atoms with E-state index in [1.807, 2.05) is 73.6 Å². The van der Waals surface area contributed by atoms with Crippen LogP contribution < -0.4 is 33.9 Å². The predicted octanol–water partition coefficient (Wildman–Crippen LogP) is -0.164. The van der Waals surface area contributed by atoms with Gasteiger partial charge in [0, 0.05) is 42.5 Å². The molecule has 0 saturated heterocycles. The number of carboxylic acid groups (broad SMARTS) is 1. The van der Waals surface area contributed by atoms with Crippen LogP contribution in [0.2, 0.25) is 0 Å². The number of nitrogens with zero attached hydrogens (tertiary/aromatic N) is 2. The van der Waals surface area contributed by atoms with Crippen LogP contribution in [-0.4, -0.2) is 37.8 Å². The van der Waals surface area contributed by atoms with Crippen molar-refractivity contribution in [3.63, 3.8) is 0 Å². The third kappa shape index (κ3) is 7.18. The zero-order valence-corrected chi connectivity index (χ0v) is 22.3. The first kappa shape index (κ1) is 28.8. The average Bonchev–Trinajstić information content (AvgIpc) is 2.87. The molecule has 0 bridgehead atoms. The molecule has 0 atom stereocenters. The molecule has 0 unspecified atom stereocenters. The monoisotopic (exact) mass is 540 g/mol. The van der Waals surface area contributed by atoms with Crippen molar-refractivity contribution >= 4 is 11.7 Å². The fraction of sp³-hybridized carbons (Fsp3) is 0.214. The molecule has 2 aromatic carbocycles. The molecule has 9 nitrogen and oxygen atoms in total. The molecule has 200 valence electrons. The fourth-order valence-corrected chi connectivity index (χ4v) is 4.15. The van der Waals surface area contributed by atoms with Gasteiger partial charge in [-0.25, -0.2) is 4.58 Å². The molecule has 1 heterocycles. The Morgan fingerprint density at radius 2 is 1.47 bits per heavy atom. The van der Waals surface area contributed by atoms with Crippen LogP contribution >= 0.6 is 0 Å². The Bertz CT molecular complexity index is 1430. The van der Waals surface area contributed by atoms with Crippen molar-refractivity contribution in [2.45, 2.75) is 13.8 Å². The zero-order valence-electron chi connectivity index (χ0n) is 21.5. The maximum atomic E-state index is 11.9. The maximum Gasteiger partial charge on any atom is 0.203 e. The maximum absolute atomic E-state index is 11.9. The number of rotatable bonds is 6. The molecular formula is C28H29ClN2O7. The summed E-state index contributed by atoms with van der Waals surface area (Å²) in [6.07, 6.45) is 0. The number of anilines is 1. The molecule has 1 aliphatic carbocycles. The number of carboxylic acids is 1. The topological polar surface area (TPSA) is 149 Å². The minimum absolute atomic E-state index is 0.159. The predicted molar refractivity (Wildman–Crippen MR) is 133 cm³/mol. The van der Waals surface area contributed by atoms with E-state index in [0.29, 0.717) is 17.1 Å². The summed E-state index contributed by atoms with van der Waals surface area (Å²) in [6.45, 7) is 6.01. The van der Waals surface area contributed by atoms with Gasteiger partial charge in [-0.1, -0.05) is 24.3 Å². The number of hydrogen-bond donors (Lipinski definition) is 1. The van der Waals surface area contributed by atoms with Crippen LogP contribution in [0.3, 0.4) is 0 Å². The molecule has 0 fully saturated rings. The second-order valence-electron chi connectivity index (χ2n) is 8.55. The van der Waals surface area contributed by atoms with E-state index in [1.54, 1.807) is 12.1 Å². The second-order valence-corrected chi connectivity index (χ2v) is 9.34. The van der Waals surface area contributed by atoms with E-state index in [1.165, 1.54) is 0 Å². The van der Waals surface area contributed by atoms with Crippen molar-refractivity contribution < 1.29 is 43.2 Å². The SMILES string of the molecule is CC[N+](CC)=c1ccc2c(-c3ccccc3C(=O)[O-])cc(-c3ccc(N(C)C)cc3)oc-2c1.[O-][Cl+3]([O-])([O-])O. The first-order chi connectivity index (χ1) is 17.9. The number of aromatic carboxylic acids is 1. The smallest absolute Gasteiger partial charge is 0.203 e. The van der Waals surface area contributed by atoms with Crippen molar-refractivity contribution in [2.24, 2.45) is 0 Å². The molecule has 0 aromatic heterocycles. The lowest BCUT2D eigenvalue weighted by molar-refractivity contribution is -1.92. The van der Waals surface area contributed by atoms with Gasteiger partial charge >= 0.3 is 0 Å². The highest BCUT2D eigenvalue weighted by molar-refractivity contribution is 5.98. The number of benzene rings is 3. The average molecular weight is 541 g/mol. The lowest BCUT2D eigenvalue weighted by Gasteiger charge is -2.18. The Balaban J connectivity index is 0.000000732. The van der Waals surface area contributed by atoms with Crippen LogP contribution in [-0.2, 0) is 0 Å². The highest BCUT2D eigenvalue weighted by Crippen LogP contribution is 2.39. The van der Waals surface area contributed by atoms with Gasteiger partial charge in [0.05, 0.1) is 26.9 Å². The summed E-state index contributed by atoms with van der Waals surface area (Å²) >= 11 is 0. The normalized spacial score (nSPS) is 11.1. The molecular weight excluding hydrogens is 512 g/mol. The van der Waals surface area contributed by atoms with Crippen molar-refractivity contribution in [3.05, 3.63) is 83.7 Å². The van der Waals surface area contributed by atoms with E-state index in [2.05, 4.69) is 24.5 Å². The van der Waals surface area contributed by atoms with Gasteiger partial charge in [0.2, 0.25) is 5.36 Å². The van der Waals surface area contributed by atoms with E-state index in [0.717, 1.165) is 40.8 Å². The molecule has 10 heteroatoms. The molecule has 4 rings (SSSR count). The number of carbonyl (C=O) groups is 1. The summed E-state index contributed by atoms with van der Waals surface area (Å²) in [5.41, 5.74) is 4.43. The van der Waals surface area contributed by atoms with Gasteiger partial charge in [0.1, 0.15) is 24.6 Å². The summed E-state index contributed by atoms with van der Waals surface area (Å²) in [4.78, 5) is 13.9. The number of halogens is 1.